The highest BCUT2D eigenvalue weighted by Gasteiger charge is 2.11. The smallest absolute Gasteiger partial charge is 0.238 e. The number of carbonyl (C=O) groups excluding carboxylic acids is 1. The normalized spacial score (nSPS) is 12.2. The van der Waals surface area contributed by atoms with E-state index in [2.05, 4.69) is 10.6 Å². The Morgan fingerprint density at radius 2 is 1.75 bits per heavy atom. The Morgan fingerprint density at radius 1 is 1.20 bits per heavy atom. The first-order valence-corrected chi connectivity index (χ1v) is 7.76. The second-order valence-electron chi connectivity index (χ2n) is 5.57. The first-order valence-electron chi connectivity index (χ1n) is 6.21. The van der Waals surface area contributed by atoms with Crippen molar-refractivity contribution in [3.63, 3.8) is 0 Å². The predicted molar refractivity (Wildman–Crippen MR) is 77.4 cm³/mol. The average Bonchev–Trinajstić information content (AvgIpc) is 2.32. The molecule has 7 heteroatoms. The summed E-state index contributed by atoms with van der Waals surface area (Å²) in [5.41, 5.74) is 0.690. The van der Waals surface area contributed by atoms with E-state index in [4.69, 9.17) is 5.14 Å². The van der Waals surface area contributed by atoms with Crippen LogP contribution in [0.1, 0.15) is 26.3 Å². The average molecular weight is 299 g/mol. The molecule has 0 heterocycles. The zero-order valence-electron chi connectivity index (χ0n) is 11.9. The summed E-state index contributed by atoms with van der Waals surface area (Å²) in [5.74, 6) is -0.115. The fourth-order valence-electron chi connectivity index (χ4n) is 1.41. The lowest BCUT2D eigenvalue weighted by molar-refractivity contribution is -0.120. The molecule has 0 radical (unpaired) electrons. The Bertz CT molecular complexity index is 560. The third-order valence-electron chi connectivity index (χ3n) is 2.52. The zero-order chi connectivity index (χ0) is 15.4. The maximum atomic E-state index is 11.6. The van der Waals surface area contributed by atoms with Gasteiger partial charge in [-0.2, -0.15) is 0 Å². The molecule has 1 aromatic carbocycles. The van der Waals surface area contributed by atoms with Gasteiger partial charge in [-0.3, -0.25) is 4.79 Å². The van der Waals surface area contributed by atoms with E-state index in [-0.39, 0.29) is 22.9 Å². The van der Waals surface area contributed by atoms with Crippen LogP contribution in [0.15, 0.2) is 29.2 Å². The Hall–Kier alpha value is -1.44. The van der Waals surface area contributed by atoms with Gasteiger partial charge in [-0.15, -0.1) is 0 Å². The van der Waals surface area contributed by atoms with Crippen molar-refractivity contribution in [1.29, 1.82) is 0 Å². The first-order chi connectivity index (χ1) is 9.08. The molecule has 112 valence electrons. The van der Waals surface area contributed by atoms with Gasteiger partial charge in [0.15, 0.2) is 0 Å². The minimum absolute atomic E-state index is 0.0574. The largest absolute Gasteiger partial charge is 0.351 e. The van der Waals surface area contributed by atoms with E-state index in [1.807, 2.05) is 20.8 Å². The highest BCUT2D eigenvalue weighted by atomic mass is 32.2. The first kappa shape index (κ1) is 16.6. The third kappa shape index (κ3) is 6.14. The van der Waals surface area contributed by atoms with Crippen molar-refractivity contribution in [2.45, 2.75) is 37.8 Å². The van der Waals surface area contributed by atoms with Crippen molar-refractivity contribution in [3.05, 3.63) is 29.8 Å². The molecule has 4 N–H and O–H groups in total. The Labute approximate surface area is 119 Å². The second-order valence-corrected chi connectivity index (χ2v) is 7.13. The van der Waals surface area contributed by atoms with Crippen LogP contribution in [-0.2, 0) is 21.4 Å². The molecule has 20 heavy (non-hydrogen) atoms. The molecule has 0 atom stereocenters. The van der Waals surface area contributed by atoms with Crippen LogP contribution in [0, 0.1) is 0 Å². The number of hydrogen-bond acceptors (Lipinski definition) is 4. The molecule has 0 spiro atoms. The molecule has 1 aromatic rings. The predicted octanol–water partition coefficient (Wildman–Crippen LogP) is 0.338. The lowest BCUT2D eigenvalue weighted by Crippen LogP contribution is -2.43. The molecule has 0 fully saturated rings. The van der Waals surface area contributed by atoms with Crippen LogP contribution < -0.4 is 15.8 Å². The van der Waals surface area contributed by atoms with Gasteiger partial charge in [0.05, 0.1) is 11.4 Å². The molecule has 0 saturated carbocycles. The molecule has 0 unspecified atom stereocenters. The van der Waals surface area contributed by atoms with Gasteiger partial charge in [0.25, 0.3) is 0 Å². The number of rotatable bonds is 5. The van der Waals surface area contributed by atoms with Gasteiger partial charge in [-0.1, -0.05) is 12.1 Å². The van der Waals surface area contributed by atoms with Gasteiger partial charge in [0.1, 0.15) is 0 Å². The molecule has 0 aliphatic heterocycles. The van der Waals surface area contributed by atoms with E-state index in [1.54, 1.807) is 12.1 Å². The number of carbonyl (C=O) groups is 1. The van der Waals surface area contributed by atoms with Crippen LogP contribution in [0.4, 0.5) is 0 Å². The van der Waals surface area contributed by atoms with Crippen LogP contribution in [0.25, 0.3) is 0 Å². The maximum absolute atomic E-state index is 11.6. The van der Waals surface area contributed by atoms with Crippen LogP contribution in [0.3, 0.4) is 0 Å². The van der Waals surface area contributed by atoms with Gasteiger partial charge in [-0.25, -0.2) is 13.6 Å². The Kier molecular flexibility index (Phi) is 5.27. The number of nitrogens with two attached hydrogens (primary N) is 1. The maximum Gasteiger partial charge on any atom is 0.238 e. The molecule has 1 rings (SSSR count). The van der Waals surface area contributed by atoms with Gasteiger partial charge in [0.2, 0.25) is 15.9 Å². The molecular formula is C13H21N3O3S. The van der Waals surface area contributed by atoms with Crippen molar-refractivity contribution in [2.24, 2.45) is 5.14 Å². The molecule has 1 amide bonds. The SMILES string of the molecule is CC(C)(C)NCC(=O)NCc1ccc(S(N)(=O)=O)cc1. The van der Waals surface area contributed by atoms with Gasteiger partial charge >= 0.3 is 0 Å². The monoisotopic (exact) mass is 299 g/mol. The number of amides is 1. The van der Waals surface area contributed by atoms with Gasteiger partial charge in [-0.05, 0) is 38.5 Å². The minimum atomic E-state index is -3.67. The summed E-state index contributed by atoms with van der Waals surface area (Å²) in [6.45, 7) is 6.51. The number of benzene rings is 1. The molecule has 0 saturated heterocycles. The van der Waals surface area contributed by atoms with E-state index >= 15 is 0 Å². The van der Waals surface area contributed by atoms with E-state index in [0.29, 0.717) is 6.54 Å². The zero-order valence-corrected chi connectivity index (χ0v) is 12.8. The summed E-state index contributed by atoms with van der Waals surface area (Å²) in [6.07, 6.45) is 0. The summed E-state index contributed by atoms with van der Waals surface area (Å²) in [4.78, 5) is 11.7. The molecule has 6 nitrogen and oxygen atoms in total. The third-order valence-corrected chi connectivity index (χ3v) is 3.45. The van der Waals surface area contributed by atoms with Crippen LogP contribution in [0.5, 0.6) is 0 Å². The standard InChI is InChI=1S/C13H21N3O3S/c1-13(2,3)16-9-12(17)15-8-10-4-6-11(7-5-10)20(14,18)19/h4-7,16H,8-9H2,1-3H3,(H,15,17)(H2,14,18,19). The molecular weight excluding hydrogens is 278 g/mol. The fraction of sp³-hybridized carbons (Fsp3) is 0.462. The van der Waals surface area contributed by atoms with Crippen molar-refractivity contribution < 1.29 is 13.2 Å². The van der Waals surface area contributed by atoms with Gasteiger partial charge < -0.3 is 10.6 Å². The lowest BCUT2D eigenvalue weighted by atomic mass is 10.1. The van der Waals surface area contributed by atoms with Crippen molar-refractivity contribution in [2.75, 3.05) is 6.54 Å². The Morgan fingerprint density at radius 3 is 2.20 bits per heavy atom. The molecule has 0 aromatic heterocycles. The summed E-state index contributed by atoms with van der Waals surface area (Å²) in [7, 11) is -3.67. The summed E-state index contributed by atoms with van der Waals surface area (Å²) >= 11 is 0. The summed E-state index contributed by atoms with van der Waals surface area (Å²) in [5, 5.41) is 10.8. The van der Waals surface area contributed by atoms with Crippen LogP contribution in [-0.4, -0.2) is 26.4 Å². The Balaban J connectivity index is 2.48. The number of hydrogen-bond donors (Lipinski definition) is 3. The van der Waals surface area contributed by atoms with Gasteiger partial charge in [0, 0.05) is 12.1 Å². The van der Waals surface area contributed by atoms with E-state index in [0.717, 1.165) is 5.56 Å². The summed E-state index contributed by atoms with van der Waals surface area (Å²) < 4.78 is 22.2. The molecule has 0 aliphatic carbocycles. The highest BCUT2D eigenvalue weighted by Crippen LogP contribution is 2.08. The number of sulfonamides is 1. The van der Waals surface area contributed by atoms with E-state index < -0.39 is 10.0 Å². The van der Waals surface area contributed by atoms with E-state index in [1.165, 1.54) is 12.1 Å². The number of nitrogens with one attached hydrogen (secondary N) is 2. The topological polar surface area (TPSA) is 101 Å². The second kappa shape index (κ2) is 6.34. The highest BCUT2D eigenvalue weighted by molar-refractivity contribution is 7.89. The molecule has 0 bridgehead atoms. The van der Waals surface area contributed by atoms with E-state index in [9.17, 15) is 13.2 Å². The van der Waals surface area contributed by atoms with Crippen molar-refractivity contribution in [1.82, 2.24) is 10.6 Å². The number of primary sulfonamides is 1. The minimum Gasteiger partial charge on any atom is -0.351 e. The van der Waals surface area contributed by atoms with Crippen LogP contribution in [0.2, 0.25) is 0 Å². The van der Waals surface area contributed by atoms with Crippen LogP contribution >= 0.6 is 0 Å². The quantitative estimate of drug-likeness (QED) is 0.729. The molecule has 0 aliphatic rings. The van der Waals surface area contributed by atoms with Crippen molar-refractivity contribution in [3.8, 4) is 0 Å². The lowest BCUT2D eigenvalue weighted by Gasteiger charge is -2.20. The summed E-state index contributed by atoms with van der Waals surface area (Å²) in [6, 6.07) is 6.09. The van der Waals surface area contributed by atoms with Crippen molar-refractivity contribution >= 4 is 15.9 Å². The fourth-order valence-corrected chi connectivity index (χ4v) is 1.92.